The number of hydrogen-bond donors (Lipinski definition) is 0. The van der Waals surface area contributed by atoms with Crippen LogP contribution in [0.2, 0.25) is 0 Å². The maximum absolute atomic E-state index is 10.7. The molecule has 3 heteroatoms. The van der Waals surface area contributed by atoms with Crippen LogP contribution < -0.4 is 5.11 Å². The number of hydrogen-bond acceptors (Lipinski definition) is 2. The zero-order valence-electron chi connectivity index (χ0n) is 8.22. The Morgan fingerprint density at radius 3 is 1.75 bits per heavy atom. The van der Waals surface area contributed by atoms with Crippen molar-refractivity contribution in [2.75, 3.05) is 0 Å². The molecule has 0 aromatic carbocycles. The fourth-order valence-electron chi connectivity index (χ4n) is 1.74. The van der Waals surface area contributed by atoms with E-state index in [0.29, 0.717) is 0 Å². The molecule has 0 saturated heterocycles. The molecule has 2 unspecified atom stereocenters. The van der Waals surface area contributed by atoms with Crippen LogP contribution in [-0.4, -0.2) is 11.6 Å². The lowest BCUT2D eigenvalue weighted by atomic mass is 9.76. The van der Waals surface area contributed by atoms with E-state index in [9.17, 15) is 9.90 Å². The van der Waals surface area contributed by atoms with Crippen LogP contribution in [0, 0.1) is 5.41 Å². The van der Waals surface area contributed by atoms with Crippen molar-refractivity contribution in [1.82, 2.24) is 0 Å². The molecular formula is C9H19O2P. The van der Waals surface area contributed by atoms with Crippen LogP contribution in [0.25, 0.3) is 0 Å². The first-order valence-electron chi connectivity index (χ1n) is 4.58. The lowest BCUT2D eigenvalue weighted by molar-refractivity contribution is -0.307. The smallest absolute Gasteiger partial charge is 0.107 e. The average molecular weight is 190 g/mol. The Bertz CT molecular complexity index is 144. The van der Waals surface area contributed by atoms with E-state index < -0.39 is 5.97 Å². The van der Waals surface area contributed by atoms with E-state index in [2.05, 4.69) is 20.8 Å². The molecule has 0 spiro atoms. The van der Waals surface area contributed by atoms with Crippen LogP contribution in [0.5, 0.6) is 0 Å². The van der Waals surface area contributed by atoms with E-state index in [4.69, 9.17) is 0 Å². The molecule has 2 atom stereocenters. The van der Waals surface area contributed by atoms with Gasteiger partial charge in [0.2, 0.25) is 0 Å². The average Bonchev–Trinajstić information content (AvgIpc) is 2.08. The first kappa shape index (κ1) is 11.9. The van der Waals surface area contributed by atoms with Crippen molar-refractivity contribution in [3.8, 4) is 0 Å². The number of carboxylic acids is 1. The van der Waals surface area contributed by atoms with Gasteiger partial charge >= 0.3 is 0 Å². The molecule has 0 bridgehead atoms. The van der Waals surface area contributed by atoms with E-state index in [0.717, 1.165) is 19.3 Å². The van der Waals surface area contributed by atoms with E-state index in [1.807, 2.05) is 0 Å². The highest BCUT2D eigenvalue weighted by Crippen LogP contribution is 2.38. The predicted octanol–water partition coefficient (Wildman–Crippen LogP) is 0.929. The van der Waals surface area contributed by atoms with Crippen LogP contribution >= 0.6 is 9.24 Å². The summed E-state index contributed by atoms with van der Waals surface area (Å²) in [5.41, 5.74) is -0.352. The van der Waals surface area contributed by atoms with Crippen LogP contribution in [0.15, 0.2) is 0 Å². The number of carbonyl (C=O) groups excluding carboxylic acids is 1. The van der Waals surface area contributed by atoms with E-state index in [1.54, 1.807) is 9.24 Å². The zero-order chi connectivity index (χ0) is 9.78. The van der Waals surface area contributed by atoms with Crippen LogP contribution in [0.1, 0.15) is 40.0 Å². The van der Waals surface area contributed by atoms with Gasteiger partial charge in [-0.1, -0.05) is 20.8 Å². The molecule has 0 aliphatic rings. The zero-order valence-corrected chi connectivity index (χ0v) is 9.64. The van der Waals surface area contributed by atoms with Gasteiger partial charge in [-0.05, 0) is 28.5 Å². The minimum absolute atomic E-state index is 0.0444. The molecule has 0 aliphatic heterocycles. The Labute approximate surface area is 76.9 Å². The summed E-state index contributed by atoms with van der Waals surface area (Å²) in [6.07, 6.45) is 2.76. The van der Waals surface area contributed by atoms with Crippen molar-refractivity contribution in [2.45, 2.75) is 45.7 Å². The highest BCUT2D eigenvalue weighted by Gasteiger charge is 2.35. The summed E-state index contributed by atoms with van der Waals surface area (Å²) in [4.78, 5) is 10.7. The van der Waals surface area contributed by atoms with E-state index in [1.165, 1.54) is 0 Å². The molecule has 0 aliphatic carbocycles. The third kappa shape index (κ3) is 2.20. The van der Waals surface area contributed by atoms with Crippen LogP contribution in [0.4, 0.5) is 0 Å². The first-order chi connectivity index (χ1) is 5.54. The van der Waals surface area contributed by atoms with Crippen molar-refractivity contribution in [3.05, 3.63) is 0 Å². The second-order valence-electron chi connectivity index (χ2n) is 3.29. The molecule has 2 nitrogen and oxygen atoms in total. The minimum atomic E-state index is -0.904. The number of rotatable bonds is 5. The van der Waals surface area contributed by atoms with Gasteiger partial charge in [0.25, 0.3) is 0 Å². The summed E-state index contributed by atoms with van der Waals surface area (Å²) in [6, 6.07) is 0. The van der Waals surface area contributed by atoms with E-state index >= 15 is 0 Å². The van der Waals surface area contributed by atoms with Crippen molar-refractivity contribution in [3.63, 3.8) is 0 Å². The molecule has 0 rings (SSSR count). The molecule has 12 heavy (non-hydrogen) atoms. The van der Waals surface area contributed by atoms with Gasteiger partial charge < -0.3 is 9.90 Å². The summed E-state index contributed by atoms with van der Waals surface area (Å²) < 4.78 is 0. The molecule has 0 aromatic rings. The SMILES string of the molecule is CCC(CC)(CC)C([PH3+])C(=O)[O-]. The topological polar surface area (TPSA) is 40.1 Å². The van der Waals surface area contributed by atoms with Crippen molar-refractivity contribution >= 4 is 15.2 Å². The Morgan fingerprint density at radius 1 is 1.33 bits per heavy atom. The quantitative estimate of drug-likeness (QED) is 0.605. The van der Waals surface area contributed by atoms with Gasteiger partial charge in [-0.2, -0.15) is 0 Å². The third-order valence-corrected chi connectivity index (χ3v) is 4.34. The van der Waals surface area contributed by atoms with Crippen molar-refractivity contribution < 1.29 is 9.90 Å². The Kier molecular flexibility index (Phi) is 4.77. The molecular weight excluding hydrogens is 171 g/mol. The second-order valence-corrected chi connectivity index (χ2v) is 4.11. The molecule has 0 amide bonds. The summed E-state index contributed by atoms with van der Waals surface area (Å²) in [5.74, 6) is -0.904. The van der Waals surface area contributed by atoms with Crippen molar-refractivity contribution in [1.29, 1.82) is 0 Å². The van der Waals surface area contributed by atoms with E-state index in [-0.39, 0.29) is 11.1 Å². The maximum Gasteiger partial charge on any atom is 0.107 e. The van der Waals surface area contributed by atoms with Gasteiger partial charge in [0.15, 0.2) is 0 Å². The first-order valence-corrected chi connectivity index (χ1v) is 5.39. The van der Waals surface area contributed by atoms with Gasteiger partial charge in [0.1, 0.15) is 5.66 Å². The monoisotopic (exact) mass is 190 g/mol. The second kappa shape index (κ2) is 4.81. The summed E-state index contributed by atoms with van der Waals surface area (Å²) in [6.45, 7) is 6.16. The molecule has 0 radical (unpaired) electrons. The summed E-state index contributed by atoms with van der Waals surface area (Å²) >= 11 is 0. The Hall–Kier alpha value is -0.100. The number of carboxylic acid groups (broad SMARTS) is 1. The summed E-state index contributed by atoms with van der Waals surface area (Å²) in [5, 5.41) is 10.7. The Morgan fingerprint density at radius 2 is 1.67 bits per heavy atom. The highest BCUT2D eigenvalue weighted by molar-refractivity contribution is 7.19. The molecule has 0 fully saturated rings. The molecule has 72 valence electrons. The minimum Gasteiger partial charge on any atom is -0.546 e. The van der Waals surface area contributed by atoms with Gasteiger partial charge in [0, 0.05) is 5.41 Å². The molecule has 0 N–H and O–H groups in total. The Balaban J connectivity index is 4.58. The maximum atomic E-state index is 10.7. The summed E-state index contributed by atoms with van der Waals surface area (Å²) in [7, 11) is 1.54. The molecule has 0 aromatic heterocycles. The standard InChI is InChI=1S/C9H19O2P/c1-4-9(5-2,6-3)7(12)8(10)11/h7H,4-6,12H2,1-3H3,(H,10,11). The fourth-order valence-corrected chi connectivity index (χ4v) is 2.61. The normalized spacial score (nSPS) is 14.6. The largest absolute Gasteiger partial charge is 0.546 e. The third-order valence-electron chi connectivity index (χ3n) is 3.14. The van der Waals surface area contributed by atoms with Gasteiger partial charge in [-0.25, -0.2) is 0 Å². The lowest BCUT2D eigenvalue weighted by Crippen LogP contribution is -2.43. The van der Waals surface area contributed by atoms with Crippen LogP contribution in [-0.2, 0) is 4.79 Å². The van der Waals surface area contributed by atoms with Gasteiger partial charge in [-0.15, -0.1) is 0 Å². The van der Waals surface area contributed by atoms with Gasteiger partial charge in [-0.3, -0.25) is 0 Å². The van der Waals surface area contributed by atoms with Gasteiger partial charge in [0.05, 0.1) is 5.97 Å². The molecule has 0 saturated carbocycles. The fraction of sp³-hybridized carbons (Fsp3) is 0.889. The van der Waals surface area contributed by atoms with Crippen LogP contribution in [0.3, 0.4) is 0 Å². The number of aliphatic carboxylic acids is 1. The van der Waals surface area contributed by atoms with Crippen molar-refractivity contribution in [2.24, 2.45) is 5.41 Å². The number of carbonyl (C=O) groups is 1. The highest BCUT2D eigenvalue weighted by atomic mass is 31.0. The predicted molar refractivity (Wildman–Crippen MR) is 53.2 cm³/mol. The molecule has 0 heterocycles. The lowest BCUT2D eigenvalue weighted by Gasteiger charge is -2.33.